The lowest BCUT2D eigenvalue weighted by Crippen LogP contribution is -2.05. The summed E-state index contributed by atoms with van der Waals surface area (Å²) in [7, 11) is 0. The van der Waals surface area contributed by atoms with Gasteiger partial charge in [0.25, 0.3) is 0 Å². The van der Waals surface area contributed by atoms with E-state index in [1.54, 1.807) is 0 Å². The lowest BCUT2D eigenvalue weighted by molar-refractivity contribution is 0.357. The van der Waals surface area contributed by atoms with E-state index < -0.39 is 0 Å². The van der Waals surface area contributed by atoms with E-state index in [1.165, 1.54) is 11.1 Å². The Kier molecular flexibility index (Phi) is 2.18. The second-order valence-corrected chi connectivity index (χ2v) is 3.66. The van der Waals surface area contributed by atoms with Gasteiger partial charge in [-0.15, -0.1) is 0 Å². The highest BCUT2D eigenvalue weighted by Gasteiger charge is 2.13. The fraction of sp³-hybridized carbons (Fsp3) is 0.0714. The van der Waals surface area contributed by atoms with Gasteiger partial charge in [0.2, 0.25) is 0 Å². The van der Waals surface area contributed by atoms with Gasteiger partial charge in [0.1, 0.15) is 12.4 Å². The molecule has 0 unspecified atom stereocenters. The Morgan fingerprint density at radius 3 is 2.69 bits per heavy atom. The van der Waals surface area contributed by atoms with Gasteiger partial charge in [0.15, 0.2) is 0 Å². The SMILES string of the molecule is C1=C(c2ccncc2)c2ccccc2OC1. The second-order valence-electron chi connectivity index (χ2n) is 3.66. The standard InChI is InChI=1S/C14H11NO/c1-2-4-14-13(3-1)12(7-10-16-14)11-5-8-15-9-6-11/h1-9H,10H2. The highest BCUT2D eigenvalue weighted by atomic mass is 16.5. The number of benzene rings is 1. The van der Waals surface area contributed by atoms with Crippen molar-refractivity contribution in [3.8, 4) is 5.75 Å². The Hall–Kier alpha value is -2.09. The maximum absolute atomic E-state index is 5.58. The van der Waals surface area contributed by atoms with Crippen molar-refractivity contribution >= 4 is 5.57 Å². The number of para-hydroxylation sites is 1. The number of nitrogens with zero attached hydrogens (tertiary/aromatic N) is 1. The van der Waals surface area contributed by atoms with E-state index in [-0.39, 0.29) is 0 Å². The van der Waals surface area contributed by atoms with Crippen LogP contribution in [-0.2, 0) is 0 Å². The van der Waals surface area contributed by atoms with Gasteiger partial charge in [-0.1, -0.05) is 18.2 Å². The summed E-state index contributed by atoms with van der Waals surface area (Å²) in [5.41, 5.74) is 3.56. The predicted molar refractivity (Wildman–Crippen MR) is 63.3 cm³/mol. The van der Waals surface area contributed by atoms with Crippen molar-refractivity contribution in [3.05, 3.63) is 66.0 Å². The molecule has 16 heavy (non-hydrogen) atoms. The summed E-state index contributed by atoms with van der Waals surface area (Å²) in [5.74, 6) is 0.955. The monoisotopic (exact) mass is 209 g/mol. The lowest BCUT2D eigenvalue weighted by atomic mass is 9.96. The fourth-order valence-electron chi connectivity index (χ4n) is 1.94. The van der Waals surface area contributed by atoms with Crippen molar-refractivity contribution in [3.63, 3.8) is 0 Å². The topological polar surface area (TPSA) is 22.1 Å². The molecular formula is C14H11NO. The molecule has 2 heterocycles. The molecule has 0 saturated heterocycles. The third-order valence-electron chi connectivity index (χ3n) is 2.69. The molecule has 3 rings (SSSR count). The molecule has 0 atom stereocenters. The minimum atomic E-state index is 0.634. The first-order valence-corrected chi connectivity index (χ1v) is 5.28. The summed E-state index contributed by atoms with van der Waals surface area (Å²) >= 11 is 0. The summed E-state index contributed by atoms with van der Waals surface area (Å²) < 4.78 is 5.58. The zero-order chi connectivity index (χ0) is 10.8. The van der Waals surface area contributed by atoms with Crippen LogP contribution in [0.2, 0.25) is 0 Å². The third kappa shape index (κ3) is 1.48. The van der Waals surface area contributed by atoms with E-state index in [4.69, 9.17) is 4.74 Å². The van der Waals surface area contributed by atoms with E-state index in [0.29, 0.717) is 6.61 Å². The number of hydrogen-bond acceptors (Lipinski definition) is 2. The number of rotatable bonds is 1. The molecule has 0 saturated carbocycles. The highest BCUT2D eigenvalue weighted by Crippen LogP contribution is 2.33. The van der Waals surface area contributed by atoms with E-state index in [2.05, 4.69) is 17.1 Å². The fourth-order valence-corrected chi connectivity index (χ4v) is 1.94. The van der Waals surface area contributed by atoms with Crippen LogP contribution in [0, 0.1) is 0 Å². The molecule has 78 valence electrons. The van der Waals surface area contributed by atoms with Crippen LogP contribution in [0.3, 0.4) is 0 Å². The average Bonchev–Trinajstić information content (AvgIpc) is 2.39. The van der Waals surface area contributed by atoms with Crippen LogP contribution >= 0.6 is 0 Å². The maximum atomic E-state index is 5.58. The predicted octanol–water partition coefficient (Wildman–Crippen LogP) is 2.91. The summed E-state index contributed by atoms with van der Waals surface area (Å²) in [6, 6.07) is 12.2. The van der Waals surface area contributed by atoms with Crippen molar-refractivity contribution in [1.29, 1.82) is 0 Å². The summed E-state index contributed by atoms with van der Waals surface area (Å²) in [5, 5.41) is 0. The van der Waals surface area contributed by atoms with Crippen LogP contribution in [0.25, 0.3) is 5.57 Å². The van der Waals surface area contributed by atoms with E-state index in [0.717, 1.165) is 11.3 Å². The van der Waals surface area contributed by atoms with Crippen LogP contribution in [0.15, 0.2) is 54.9 Å². The minimum absolute atomic E-state index is 0.634. The van der Waals surface area contributed by atoms with Gasteiger partial charge in [0, 0.05) is 18.0 Å². The van der Waals surface area contributed by atoms with Crippen molar-refractivity contribution < 1.29 is 4.74 Å². The highest BCUT2D eigenvalue weighted by molar-refractivity contribution is 5.83. The minimum Gasteiger partial charge on any atom is -0.489 e. The van der Waals surface area contributed by atoms with Crippen molar-refractivity contribution in [2.75, 3.05) is 6.61 Å². The normalized spacial score (nSPS) is 13.6. The molecule has 0 bridgehead atoms. The summed E-state index contributed by atoms with van der Waals surface area (Å²) in [6.07, 6.45) is 5.74. The Morgan fingerprint density at radius 2 is 1.81 bits per heavy atom. The number of fused-ring (bicyclic) bond motifs is 1. The van der Waals surface area contributed by atoms with Gasteiger partial charge in [-0.05, 0) is 35.4 Å². The zero-order valence-electron chi connectivity index (χ0n) is 8.76. The number of aromatic nitrogens is 1. The molecule has 2 heteroatoms. The van der Waals surface area contributed by atoms with Crippen LogP contribution in [-0.4, -0.2) is 11.6 Å². The van der Waals surface area contributed by atoms with Gasteiger partial charge in [0.05, 0.1) is 0 Å². The van der Waals surface area contributed by atoms with Crippen LogP contribution in [0.1, 0.15) is 11.1 Å². The van der Waals surface area contributed by atoms with Gasteiger partial charge < -0.3 is 4.74 Å². The zero-order valence-corrected chi connectivity index (χ0v) is 8.76. The molecular weight excluding hydrogens is 198 g/mol. The van der Waals surface area contributed by atoms with Gasteiger partial charge >= 0.3 is 0 Å². The Balaban J connectivity index is 2.13. The molecule has 0 aliphatic carbocycles. The molecule has 1 aliphatic heterocycles. The van der Waals surface area contributed by atoms with Crippen LogP contribution in [0.5, 0.6) is 5.75 Å². The molecule has 1 aromatic heterocycles. The van der Waals surface area contributed by atoms with Crippen LogP contribution < -0.4 is 4.74 Å². The number of hydrogen-bond donors (Lipinski definition) is 0. The number of pyridine rings is 1. The van der Waals surface area contributed by atoms with Gasteiger partial charge in [-0.25, -0.2) is 0 Å². The summed E-state index contributed by atoms with van der Waals surface area (Å²) in [6.45, 7) is 0.634. The first-order chi connectivity index (χ1) is 7.95. The Bertz CT molecular complexity index is 531. The average molecular weight is 209 g/mol. The molecule has 0 amide bonds. The molecule has 0 fully saturated rings. The molecule has 0 spiro atoms. The smallest absolute Gasteiger partial charge is 0.127 e. The van der Waals surface area contributed by atoms with Crippen molar-refractivity contribution in [2.45, 2.75) is 0 Å². The van der Waals surface area contributed by atoms with Crippen molar-refractivity contribution in [2.24, 2.45) is 0 Å². The molecule has 1 aliphatic rings. The Labute approximate surface area is 94.2 Å². The summed E-state index contributed by atoms with van der Waals surface area (Å²) in [4.78, 5) is 4.04. The third-order valence-corrected chi connectivity index (χ3v) is 2.69. The van der Waals surface area contributed by atoms with E-state index in [9.17, 15) is 0 Å². The maximum Gasteiger partial charge on any atom is 0.127 e. The molecule has 1 aromatic carbocycles. The molecule has 0 radical (unpaired) electrons. The van der Waals surface area contributed by atoms with Crippen molar-refractivity contribution in [1.82, 2.24) is 4.98 Å². The Morgan fingerprint density at radius 1 is 1.00 bits per heavy atom. The quantitative estimate of drug-likeness (QED) is 0.720. The van der Waals surface area contributed by atoms with Crippen LogP contribution in [0.4, 0.5) is 0 Å². The van der Waals surface area contributed by atoms with Gasteiger partial charge in [-0.3, -0.25) is 4.98 Å². The van der Waals surface area contributed by atoms with E-state index in [1.807, 2.05) is 42.7 Å². The molecule has 0 N–H and O–H groups in total. The molecule has 2 nitrogen and oxygen atoms in total. The first-order valence-electron chi connectivity index (χ1n) is 5.28. The molecule has 2 aromatic rings. The largest absolute Gasteiger partial charge is 0.489 e. The van der Waals surface area contributed by atoms with Gasteiger partial charge in [-0.2, -0.15) is 0 Å². The lowest BCUT2D eigenvalue weighted by Gasteiger charge is -2.18. The van der Waals surface area contributed by atoms with E-state index >= 15 is 0 Å². The first kappa shape index (κ1) is 9.16. The second kappa shape index (κ2) is 3.81. The number of ether oxygens (including phenoxy) is 1.